The predicted octanol–water partition coefficient (Wildman–Crippen LogP) is 1.97. The summed E-state index contributed by atoms with van der Waals surface area (Å²) in [7, 11) is 3.45. The van der Waals surface area contributed by atoms with Crippen molar-refractivity contribution < 1.29 is 9.53 Å². The normalized spacial score (nSPS) is 12.1. The van der Waals surface area contributed by atoms with E-state index in [1.807, 2.05) is 31.4 Å². The first-order chi connectivity index (χ1) is 9.03. The van der Waals surface area contributed by atoms with Gasteiger partial charge in [0.05, 0.1) is 7.11 Å². The van der Waals surface area contributed by atoms with Gasteiger partial charge in [0.2, 0.25) is 5.91 Å². The van der Waals surface area contributed by atoms with Gasteiger partial charge in [-0.05, 0) is 24.0 Å². The van der Waals surface area contributed by atoms with E-state index in [2.05, 4.69) is 0 Å². The SMILES string of the molecule is COc1cc(CN(C)C(=O)C(C)CN)ccc1SC. The lowest BCUT2D eigenvalue weighted by atomic mass is 10.1. The van der Waals surface area contributed by atoms with Crippen LogP contribution in [0, 0.1) is 5.92 Å². The molecule has 1 aromatic carbocycles. The number of hydrogen-bond acceptors (Lipinski definition) is 4. The van der Waals surface area contributed by atoms with Crippen LogP contribution in [0.25, 0.3) is 0 Å². The van der Waals surface area contributed by atoms with E-state index in [-0.39, 0.29) is 11.8 Å². The predicted molar refractivity (Wildman–Crippen MR) is 79.5 cm³/mol. The van der Waals surface area contributed by atoms with Crippen LogP contribution in [0.2, 0.25) is 0 Å². The summed E-state index contributed by atoms with van der Waals surface area (Å²) in [5.41, 5.74) is 6.57. The van der Waals surface area contributed by atoms with E-state index in [0.29, 0.717) is 13.1 Å². The van der Waals surface area contributed by atoms with Crippen molar-refractivity contribution in [2.45, 2.75) is 18.4 Å². The third kappa shape index (κ3) is 4.14. The number of methoxy groups -OCH3 is 1. The van der Waals surface area contributed by atoms with Gasteiger partial charge in [-0.15, -0.1) is 11.8 Å². The number of amides is 1. The standard InChI is InChI=1S/C14H22N2O2S/c1-10(8-15)14(17)16(2)9-11-5-6-13(19-4)12(7-11)18-3/h5-7,10H,8-9,15H2,1-4H3. The molecule has 5 heteroatoms. The van der Waals surface area contributed by atoms with Crippen LogP contribution in [0.4, 0.5) is 0 Å². The van der Waals surface area contributed by atoms with E-state index < -0.39 is 0 Å². The molecule has 0 heterocycles. The van der Waals surface area contributed by atoms with Gasteiger partial charge in [0.15, 0.2) is 0 Å². The molecule has 1 aromatic rings. The Morgan fingerprint density at radius 1 is 1.53 bits per heavy atom. The molecule has 1 amide bonds. The van der Waals surface area contributed by atoms with Crippen molar-refractivity contribution in [3.05, 3.63) is 23.8 Å². The lowest BCUT2D eigenvalue weighted by Gasteiger charge is -2.21. The van der Waals surface area contributed by atoms with Crippen LogP contribution in [0.5, 0.6) is 5.75 Å². The lowest BCUT2D eigenvalue weighted by molar-refractivity contribution is -0.133. The van der Waals surface area contributed by atoms with E-state index in [0.717, 1.165) is 16.2 Å². The number of ether oxygens (including phenoxy) is 1. The third-order valence-corrected chi connectivity index (χ3v) is 3.80. The Morgan fingerprint density at radius 3 is 2.74 bits per heavy atom. The first-order valence-electron chi connectivity index (χ1n) is 6.19. The Balaban J connectivity index is 2.79. The van der Waals surface area contributed by atoms with Crippen molar-refractivity contribution in [1.82, 2.24) is 4.90 Å². The molecule has 0 spiro atoms. The van der Waals surface area contributed by atoms with E-state index in [4.69, 9.17) is 10.5 Å². The molecule has 0 saturated carbocycles. The maximum Gasteiger partial charge on any atom is 0.226 e. The molecule has 1 unspecified atom stereocenters. The third-order valence-electron chi connectivity index (χ3n) is 3.02. The van der Waals surface area contributed by atoms with Crippen LogP contribution >= 0.6 is 11.8 Å². The van der Waals surface area contributed by atoms with Crippen molar-refractivity contribution in [1.29, 1.82) is 0 Å². The summed E-state index contributed by atoms with van der Waals surface area (Å²) < 4.78 is 5.34. The van der Waals surface area contributed by atoms with Gasteiger partial charge in [0.1, 0.15) is 5.75 Å². The molecule has 0 aliphatic heterocycles. The Kier molecular flexibility index (Phi) is 6.18. The first-order valence-corrected chi connectivity index (χ1v) is 7.41. The minimum Gasteiger partial charge on any atom is -0.496 e. The molecule has 0 aromatic heterocycles. The van der Waals surface area contributed by atoms with Gasteiger partial charge in [0.25, 0.3) is 0 Å². The van der Waals surface area contributed by atoms with Gasteiger partial charge >= 0.3 is 0 Å². The van der Waals surface area contributed by atoms with Crippen molar-refractivity contribution in [2.75, 3.05) is 27.0 Å². The summed E-state index contributed by atoms with van der Waals surface area (Å²) in [6, 6.07) is 6.01. The molecule has 0 fully saturated rings. The van der Waals surface area contributed by atoms with E-state index >= 15 is 0 Å². The molecule has 1 rings (SSSR count). The van der Waals surface area contributed by atoms with Gasteiger partial charge < -0.3 is 15.4 Å². The van der Waals surface area contributed by atoms with Crippen molar-refractivity contribution in [2.24, 2.45) is 11.7 Å². The summed E-state index contributed by atoms with van der Waals surface area (Å²) in [5.74, 6) is 0.769. The quantitative estimate of drug-likeness (QED) is 0.811. The molecular formula is C14H22N2O2S. The summed E-state index contributed by atoms with van der Waals surface area (Å²) in [4.78, 5) is 14.8. The fraction of sp³-hybridized carbons (Fsp3) is 0.500. The van der Waals surface area contributed by atoms with Crippen LogP contribution in [0.3, 0.4) is 0 Å². The Hall–Kier alpha value is -1.20. The smallest absolute Gasteiger partial charge is 0.226 e. The van der Waals surface area contributed by atoms with Crippen LogP contribution < -0.4 is 10.5 Å². The Morgan fingerprint density at radius 2 is 2.21 bits per heavy atom. The first kappa shape index (κ1) is 15.9. The highest BCUT2D eigenvalue weighted by Gasteiger charge is 2.16. The summed E-state index contributed by atoms with van der Waals surface area (Å²) in [6.07, 6.45) is 2.01. The average molecular weight is 282 g/mol. The van der Waals surface area contributed by atoms with Crippen LogP contribution in [-0.2, 0) is 11.3 Å². The number of benzene rings is 1. The number of rotatable bonds is 6. The van der Waals surface area contributed by atoms with Gasteiger partial charge in [-0.2, -0.15) is 0 Å². The molecule has 0 aliphatic carbocycles. The zero-order valence-corrected chi connectivity index (χ0v) is 12.8. The summed E-state index contributed by atoms with van der Waals surface area (Å²) in [5, 5.41) is 0. The number of thioether (sulfide) groups is 1. The fourth-order valence-corrected chi connectivity index (χ4v) is 2.36. The highest BCUT2D eigenvalue weighted by Crippen LogP contribution is 2.28. The zero-order valence-electron chi connectivity index (χ0n) is 12.0. The van der Waals surface area contributed by atoms with Crippen LogP contribution in [-0.4, -0.2) is 37.8 Å². The molecule has 0 saturated heterocycles. The summed E-state index contributed by atoms with van der Waals surface area (Å²) in [6.45, 7) is 2.78. The van der Waals surface area contributed by atoms with Gasteiger partial charge in [0, 0.05) is 31.0 Å². The zero-order chi connectivity index (χ0) is 14.4. The highest BCUT2D eigenvalue weighted by atomic mass is 32.2. The molecule has 0 radical (unpaired) electrons. The van der Waals surface area contributed by atoms with Crippen LogP contribution in [0.15, 0.2) is 23.1 Å². The van der Waals surface area contributed by atoms with E-state index in [1.165, 1.54) is 0 Å². The van der Waals surface area contributed by atoms with Gasteiger partial charge in [-0.1, -0.05) is 13.0 Å². The second-order valence-electron chi connectivity index (χ2n) is 4.52. The number of nitrogens with two attached hydrogens (primary N) is 1. The van der Waals surface area contributed by atoms with E-state index in [1.54, 1.807) is 30.8 Å². The van der Waals surface area contributed by atoms with Gasteiger partial charge in [-0.3, -0.25) is 4.79 Å². The molecule has 4 nitrogen and oxygen atoms in total. The monoisotopic (exact) mass is 282 g/mol. The van der Waals surface area contributed by atoms with Crippen LogP contribution in [0.1, 0.15) is 12.5 Å². The highest BCUT2D eigenvalue weighted by molar-refractivity contribution is 7.98. The molecule has 2 N–H and O–H groups in total. The Labute approximate surface area is 119 Å². The van der Waals surface area contributed by atoms with Gasteiger partial charge in [-0.25, -0.2) is 0 Å². The lowest BCUT2D eigenvalue weighted by Crippen LogP contribution is -2.34. The molecule has 106 valence electrons. The average Bonchev–Trinajstić information content (AvgIpc) is 2.45. The minimum absolute atomic E-state index is 0.0652. The fourth-order valence-electron chi connectivity index (χ4n) is 1.81. The van der Waals surface area contributed by atoms with Crippen molar-refractivity contribution >= 4 is 17.7 Å². The van der Waals surface area contributed by atoms with Crippen molar-refractivity contribution in [3.63, 3.8) is 0 Å². The topological polar surface area (TPSA) is 55.6 Å². The van der Waals surface area contributed by atoms with E-state index in [9.17, 15) is 4.79 Å². The molecular weight excluding hydrogens is 260 g/mol. The molecule has 1 atom stereocenters. The molecule has 0 bridgehead atoms. The second-order valence-corrected chi connectivity index (χ2v) is 5.37. The number of nitrogens with zero attached hydrogens (tertiary/aromatic N) is 1. The number of carbonyl (C=O) groups excluding carboxylic acids is 1. The maximum absolute atomic E-state index is 12.0. The maximum atomic E-state index is 12.0. The largest absolute Gasteiger partial charge is 0.496 e. The molecule has 19 heavy (non-hydrogen) atoms. The number of hydrogen-bond donors (Lipinski definition) is 1. The summed E-state index contributed by atoms with van der Waals surface area (Å²) >= 11 is 1.64. The molecule has 0 aliphatic rings. The number of carbonyl (C=O) groups is 1. The van der Waals surface area contributed by atoms with Crippen molar-refractivity contribution in [3.8, 4) is 5.75 Å². The Bertz CT molecular complexity index is 437. The minimum atomic E-state index is -0.141. The second kappa shape index (κ2) is 7.40.